The Kier molecular flexibility index (Phi) is 4.68. The summed E-state index contributed by atoms with van der Waals surface area (Å²) in [6.07, 6.45) is 1.36. The first-order valence-electron chi connectivity index (χ1n) is 7.87. The Labute approximate surface area is 135 Å². The van der Waals surface area contributed by atoms with E-state index >= 15 is 0 Å². The molecule has 0 spiro atoms. The number of likely N-dealkylation sites (tertiary alicyclic amines) is 1. The highest BCUT2D eigenvalue weighted by atomic mass is 16.3. The van der Waals surface area contributed by atoms with E-state index in [0.717, 1.165) is 31.6 Å². The zero-order valence-electron chi connectivity index (χ0n) is 13.2. The Bertz CT molecular complexity index is 642. The fourth-order valence-electron chi connectivity index (χ4n) is 2.74. The van der Waals surface area contributed by atoms with Crippen LogP contribution in [0.15, 0.2) is 30.3 Å². The molecule has 2 aromatic rings. The van der Waals surface area contributed by atoms with Crippen LogP contribution in [-0.4, -0.2) is 44.2 Å². The number of nitrogens with zero attached hydrogens (tertiary/aromatic N) is 4. The van der Waals surface area contributed by atoms with Crippen molar-refractivity contribution in [2.75, 3.05) is 24.1 Å². The molecule has 1 aliphatic heterocycles. The molecule has 2 heterocycles. The van der Waals surface area contributed by atoms with E-state index in [0.29, 0.717) is 11.8 Å². The van der Waals surface area contributed by atoms with E-state index in [1.165, 1.54) is 0 Å². The van der Waals surface area contributed by atoms with Gasteiger partial charge in [0.25, 0.3) is 0 Å². The first-order valence-corrected chi connectivity index (χ1v) is 7.87. The van der Waals surface area contributed by atoms with Crippen LogP contribution in [0.1, 0.15) is 31.6 Å². The largest absolute Gasteiger partial charge is 0.393 e. The van der Waals surface area contributed by atoms with Crippen molar-refractivity contribution < 1.29 is 5.11 Å². The van der Waals surface area contributed by atoms with E-state index in [1.54, 1.807) is 0 Å². The number of hydrogen-bond acceptors (Lipinski definition) is 7. The van der Waals surface area contributed by atoms with Gasteiger partial charge in [-0.25, -0.2) is 0 Å². The molecule has 0 saturated carbocycles. The van der Waals surface area contributed by atoms with Gasteiger partial charge in [-0.05, 0) is 31.9 Å². The minimum atomic E-state index is -0.197. The van der Waals surface area contributed by atoms with Crippen LogP contribution >= 0.6 is 0 Å². The van der Waals surface area contributed by atoms with Crippen LogP contribution < -0.4 is 11.1 Å². The van der Waals surface area contributed by atoms with Crippen LogP contribution in [0.25, 0.3) is 0 Å². The summed E-state index contributed by atoms with van der Waals surface area (Å²) in [5.74, 6) is 1.30. The maximum atomic E-state index is 9.63. The van der Waals surface area contributed by atoms with E-state index in [1.807, 2.05) is 30.3 Å². The van der Waals surface area contributed by atoms with Gasteiger partial charge in [-0.1, -0.05) is 18.2 Å². The molecular formula is C16H22N6O. The molecule has 7 nitrogen and oxygen atoms in total. The van der Waals surface area contributed by atoms with Crippen LogP contribution in [0, 0.1) is 0 Å². The molecule has 23 heavy (non-hydrogen) atoms. The number of rotatable bonds is 4. The summed E-state index contributed by atoms with van der Waals surface area (Å²) < 4.78 is 0. The second-order valence-corrected chi connectivity index (χ2v) is 5.81. The van der Waals surface area contributed by atoms with Gasteiger partial charge < -0.3 is 16.2 Å². The van der Waals surface area contributed by atoms with Crippen molar-refractivity contribution >= 4 is 17.6 Å². The molecule has 1 saturated heterocycles. The normalized spacial score (nSPS) is 17.8. The summed E-state index contributed by atoms with van der Waals surface area (Å²) in [4.78, 5) is 15.2. The van der Waals surface area contributed by atoms with Crippen molar-refractivity contribution in [3.63, 3.8) is 0 Å². The molecule has 3 rings (SSSR count). The number of nitrogens with two attached hydrogens (primary N) is 1. The highest BCUT2D eigenvalue weighted by molar-refractivity contribution is 5.53. The number of benzene rings is 1. The molecule has 4 N–H and O–H groups in total. The number of hydrogen-bond donors (Lipinski definition) is 3. The topological polar surface area (TPSA) is 100 Å². The van der Waals surface area contributed by atoms with Gasteiger partial charge in [0.15, 0.2) is 5.82 Å². The number of anilines is 3. The highest BCUT2D eigenvalue weighted by Crippen LogP contribution is 2.23. The minimum Gasteiger partial charge on any atom is -0.393 e. The Morgan fingerprint density at radius 1 is 1.17 bits per heavy atom. The molecule has 0 radical (unpaired) electrons. The number of nitrogen functional groups attached to an aromatic ring is 1. The lowest BCUT2D eigenvalue weighted by Crippen LogP contribution is -2.38. The quantitative estimate of drug-likeness (QED) is 0.790. The summed E-state index contributed by atoms with van der Waals surface area (Å²) in [7, 11) is 0. The maximum Gasteiger partial charge on any atom is 0.232 e. The van der Waals surface area contributed by atoms with Crippen molar-refractivity contribution in [3.8, 4) is 0 Å². The predicted molar refractivity (Wildman–Crippen MR) is 89.2 cm³/mol. The Morgan fingerprint density at radius 3 is 2.57 bits per heavy atom. The molecule has 122 valence electrons. The lowest BCUT2D eigenvalue weighted by molar-refractivity contribution is 0.0626. The molecular weight excluding hydrogens is 292 g/mol. The van der Waals surface area contributed by atoms with E-state index < -0.39 is 0 Å². The fourth-order valence-corrected chi connectivity index (χ4v) is 2.74. The lowest BCUT2D eigenvalue weighted by atomic mass is 10.1. The van der Waals surface area contributed by atoms with Gasteiger partial charge in [-0.2, -0.15) is 15.0 Å². The molecule has 7 heteroatoms. The van der Waals surface area contributed by atoms with Crippen molar-refractivity contribution in [1.29, 1.82) is 0 Å². The van der Waals surface area contributed by atoms with E-state index in [9.17, 15) is 5.11 Å². The number of piperidine rings is 1. The summed E-state index contributed by atoms with van der Waals surface area (Å²) in [5.41, 5.74) is 6.74. The first kappa shape index (κ1) is 15.6. The smallest absolute Gasteiger partial charge is 0.232 e. The second kappa shape index (κ2) is 6.89. The number of para-hydroxylation sites is 1. The van der Waals surface area contributed by atoms with Crippen molar-refractivity contribution in [2.24, 2.45) is 0 Å². The van der Waals surface area contributed by atoms with Gasteiger partial charge in [0.2, 0.25) is 11.9 Å². The molecule has 0 amide bonds. The number of nitrogens with one attached hydrogen (secondary N) is 1. The minimum absolute atomic E-state index is 0.0316. The summed E-state index contributed by atoms with van der Waals surface area (Å²) in [6.45, 7) is 3.71. The van der Waals surface area contributed by atoms with Crippen molar-refractivity contribution in [1.82, 2.24) is 19.9 Å². The molecule has 0 bridgehead atoms. The number of aliphatic hydroxyl groups excluding tert-OH is 1. The average Bonchev–Trinajstić information content (AvgIpc) is 2.55. The fraction of sp³-hybridized carbons (Fsp3) is 0.438. The summed E-state index contributed by atoms with van der Waals surface area (Å²) in [5, 5.41) is 12.8. The van der Waals surface area contributed by atoms with E-state index in [2.05, 4.69) is 32.1 Å². The zero-order valence-corrected chi connectivity index (χ0v) is 13.2. The van der Waals surface area contributed by atoms with E-state index in [-0.39, 0.29) is 18.1 Å². The zero-order chi connectivity index (χ0) is 16.2. The van der Waals surface area contributed by atoms with Gasteiger partial charge in [0.1, 0.15) is 0 Å². The van der Waals surface area contributed by atoms with Crippen LogP contribution in [0.5, 0.6) is 0 Å². The molecule has 0 unspecified atom stereocenters. The van der Waals surface area contributed by atoms with E-state index in [4.69, 9.17) is 5.73 Å². The van der Waals surface area contributed by atoms with Gasteiger partial charge in [0, 0.05) is 18.8 Å². The van der Waals surface area contributed by atoms with Crippen LogP contribution in [0.4, 0.5) is 17.6 Å². The number of aliphatic hydroxyl groups is 1. The van der Waals surface area contributed by atoms with Crippen molar-refractivity contribution in [3.05, 3.63) is 36.2 Å². The molecule has 1 aromatic heterocycles. The first-order chi connectivity index (χ1) is 11.1. The summed E-state index contributed by atoms with van der Waals surface area (Å²) >= 11 is 0. The lowest BCUT2D eigenvalue weighted by Gasteiger charge is -2.33. The third-order valence-electron chi connectivity index (χ3n) is 4.12. The summed E-state index contributed by atoms with van der Waals surface area (Å²) in [6, 6.07) is 9.74. The average molecular weight is 314 g/mol. The van der Waals surface area contributed by atoms with Gasteiger partial charge in [-0.15, -0.1) is 0 Å². The third kappa shape index (κ3) is 3.94. The Balaban J connectivity index is 1.77. The maximum absolute atomic E-state index is 9.63. The predicted octanol–water partition coefficient (Wildman–Crippen LogP) is 1.72. The highest BCUT2D eigenvalue weighted by Gasteiger charge is 2.24. The monoisotopic (exact) mass is 314 g/mol. The molecule has 1 aromatic carbocycles. The SMILES string of the molecule is C[C@@H](c1nc(N)nc(Nc2ccccc2)n1)N1CCC(O)CC1. The van der Waals surface area contributed by atoms with Crippen LogP contribution in [-0.2, 0) is 0 Å². The van der Waals surface area contributed by atoms with Crippen LogP contribution in [0.3, 0.4) is 0 Å². The standard InChI is InChI=1S/C16H22N6O/c1-11(22-9-7-13(23)8-10-22)14-19-15(17)21-16(20-14)18-12-5-3-2-4-6-12/h2-6,11,13,23H,7-10H2,1H3,(H3,17,18,19,20,21)/t11-/m0/s1. The van der Waals surface area contributed by atoms with Gasteiger partial charge in [-0.3, -0.25) is 4.90 Å². The second-order valence-electron chi connectivity index (χ2n) is 5.81. The molecule has 1 atom stereocenters. The third-order valence-corrected chi connectivity index (χ3v) is 4.12. The van der Waals surface area contributed by atoms with Gasteiger partial charge >= 0.3 is 0 Å². The molecule has 1 aliphatic rings. The molecule has 1 fully saturated rings. The van der Waals surface area contributed by atoms with Crippen LogP contribution in [0.2, 0.25) is 0 Å². The Hall–Kier alpha value is -2.25. The Morgan fingerprint density at radius 2 is 1.87 bits per heavy atom. The van der Waals surface area contributed by atoms with Gasteiger partial charge in [0.05, 0.1) is 12.1 Å². The van der Waals surface area contributed by atoms with Crippen molar-refractivity contribution in [2.45, 2.75) is 31.9 Å². The molecule has 0 aliphatic carbocycles. The number of aromatic nitrogens is 3.